The van der Waals surface area contributed by atoms with Gasteiger partial charge in [-0.15, -0.1) is 0 Å². The minimum absolute atomic E-state index is 0.360. The third kappa shape index (κ3) is 8.53. The molecular weight excluding hydrogens is 268 g/mol. The maximum absolute atomic E-state index is 4.38. The molecule has 0 aliphatic rings. The molecule has 1 aromatic heterocycles. The number of hydrogen-bond acceptors (Lipinski definition) is 2. The third-order valence-electron chi connectivity index (χ3n) is 4.38. The highest BCUT2D eigenvalue weighted by Crippen LogP contribution is 2.31. The third-order valence-corrected chi connectivity index (χ3v) is 4.38. The quantitative estimate of drug-likeness (QED) is 0.647. The number of rotatable bonds is 8. The summed E-state index contributed by atoms with van der Waals surface area (Å²) in [6.45, 7) is 16.1. The first kappa shape index (κ1) is 19.2. The molecule has 0 saturated heterocycles. The zero-order valence-electron chi connectivity index (χ0n) is 15.6. The summed E-state index contributed by atoms with van der Waals surface area (Å²) in [5, 5.41) is 3.60. The van der Waals surface area contributed by atoms with Crippen LogP contribution in [-0.4, -0.2) is 11.5 Å². The number of hydrogen-bond donors (Lipinski definition) is 1. The molecule has 1 unspecified atom stereocenters. The molecule has 0 saturated carbocycles. The van der Waals surface area contributed by atoms with E-state index >= 15 is 0 Å². The van der Waals surface area contributed by atoms with Crippen molar-refractivity contribution in [2.24, 2.45) is 16.7 Å². The Morgan fingerprint density at radius 2 is 1.77 bits per heavy atom. The number of pyridine rings is 1. The predicted molar refractivity (Wildman–Crippen MR) is 96.8 cm³/mol. The zero-order valence-corrected chi connectivity index (χ0v) is 15.6. The van der Waals surface area contributed by atoms with Gasteiger partial charge in [0.1, 0.15) is 0 Å². The maximum Gasteiger partial charge on any atom is 0.0541 e. The van der Waals surface area contributed by atoms with Crippen LogP contribution in [0.4, 0.5) is 0 Å². The summed E-state index contributed by atoms with van der Waals surface area (Å²) >= 11 is 0. The molecule has 0 fully saturated rings. The van der Waals surface area contributed by atoms with Gasteiger partial charge in [-0.2, -0.15) is 0 Å². The minimum atomic E-state index is 0.360. The lowest BCUT2D eigenvalue weighted by Gasteiger charge is -2.31. The molecule has 22 heavy (non-hydrogen) atoms. The van der Waals surface area contributed by atoms with Crippen molar-refractivity contribution in [1.29, 1.82) is 0 Å². The summed E-state index contributed by atoms with van der Waals surface area (Å²) in [6.07, 6.45) is 7.19. The largest absolute Gasteiger partial charge is 0.311 e. The number of aromatic nitrogens is 1. The van der Waals surface area contributed by atoms with Crippen LogP contribution in [0.3, 0.4) is 0 Å². The molecule has 0 spiro atoms. The van der Waals surface area contributed by atoms with E-state index < -0.39 is 0 Å². The van der Waals surface area contributed by atoms with Crippen LogP contribution >= 0.6 is 0 Å². The van der Waals surface area contributed by atoms with Crippen LogP contribution in [-0.2, 0) is 6.54 Å². The molecule has 126 valence electrons. The van der Waals surface area contributed by atoms with Crippen LogP contribution in [0.1, 0.15) is 72.9 Å². The summed E-state index contributed by atoms with van der Waals surface area (Å²) in [6, 6.07) is 6.11. The number of unbranched alkanes of at least 4 members (excludes halogenated alkanes) is 1. The molecule has 1 aromatic rings. The Balaban J connectivity index is 2.35. The Labute approximate surface area is 138 Å². The minimum Gasteiger partial charge on any atom is -0.311 e. The van der Waals surface area contributed by atoms with E-state index in [9.17, 15) is 0 Å². The van der Waals surface area contributed by atoms with Gasteiger partial charge in [-0.3, -0.25) is 4.98 Å². The lowest BCUT2D eigenvalue weighted by atomic mass is 9.77. The average Bonchev–Trinajstić information content (AvgIpc) is 2.40. The lowest BCUT2D eigenvalue weighted by Crippen LogP contribution is -2.31. The van der Waals surface area contributed by atoms with Crippen molar-refractivity contribution in [3.63, 3.8) is 0 Å². The topological polar surface area (TPSA) is 24.9 Å². The highest BCUT2D eigenvalue weighted by Gasteiger charge is 2.24. The van der Waals surface area contributed by atoms with Crippen LogP contribution in [0.15, 0.2) is 24.4 Å². The molecule has 0 aliphatic heterocycles. The van der Waals surface area contributed by atoms with Gasteiger partial charge >= 0.3 is 0 Å². The predicted octanol–water partition coefficient (Wildman–Crippen LogP) is 5.44. The van der Waals surface area contributed by atoms with Gasteiger partial charge in [0.2, 0.25) is 0 Å². The molecule has 1 atom stereocenters. The Kier molecular flexibility index (Phi) is 7.55. The highest BCUT2D eigenvalue weighted by molar-refractivity contribution is 5.02. The fourth-order valence-electron chi connectivity index (χ4n) is 2.76. The molecular formula is C20H36N2. The molecule has 0 amide bonds. The van der Waals surface area contributed by atoms with E-state index in [0.717, 1.165) is 24.7 Å². The molecule has 0 radical (unpaired) electrons. The number of nitrogens with zero attached hydrogens (tertiary/aromatic N) is 1. The van der Waals surface area contributed by atoms with E-state index in [1.54, 1.807) is 0 Å². The summed E-state index contributed by atoms with van der Waals surface area (Å²) in [7, 11) is 0. The molecule has 1 rings (SSSR count). The molecule has 2 nitrogen and oxygen atoms in total. The van der Waals surface area contributed by atoms with Crippen molar-refractivity contribution in [3.05, 3.63) is 30.1 Å². The zero-order chi connectivity index (χ0) is 16.6. The molecule has 0 bridgehead atoms. The van der Waals surface area contributed by atoms with Gasteiger partial charge < -0.3 is 5.32 Å². The van der Waals surface area contributed by atoms with E-state index in [1.807, 2.05) is 12.3 Å². The second-order valence-electron chi connectivity index (χ2n) is 8.82. The second-order valence-corrected chi connectivity index (χ2v) is 8.82. The maximum atomic E-state index is 4.38. The van der Waals surface area contributed by atoms with Crippen LogP contribution in [0.2, 0.25) is 0 Å². The van der Waals surface area contributed by atoms with Gasteiger partial charge in [0.25, 0.3) is 0 Å². The van der Waals surface area contributed by atoms with Gasteiger partial charge in [0, 0.05) is 12.7 Å². The normalized spacial score (nSPS) is 14.1. The van der Waals surface area contributed by atoms with Crippen molar-refractivity contribution in [2.45, 2.75) is 73.8 Å². The molecule has 1 N–H and O–H groups in total. The average molecular weight is 305 g/mol. The fraction of sp³-hybridized carbons (Fsp3) is 0.750. The SMILES string of the molecule is CC(C)(C)CCCCC(CNCc1ccccn1)C(C)(C)C. The first-order chi connectivity index (χ1) is 10.2. The van der Waals surface area contributed by atoms with Crippen LogP contribution < -0.4 is 5.32 Å². The lowest BCUT2D eigenvalue weighted by molar-refractivity contribution is 0.209. The summed E-state index contributed by atoms with van der Waals surface area (Å²) < 4.78 is 0. The molecule has 0 aliphatic carbocycles. The smallest absolute Gasteiger partial charge is 0.0541 e. The van der Waals surface area contributed by atoms with E-state index in [-0.39, 0.29) is 0 Å². The van der Waals surface area contributed by atoms with Gasteiger partial charge in [0.05, 0.1) is 5.69 Å². The van der Waals surface area contributed by atoms with Gasteiger partial charge in [-0.1, -0.05) is 60.5 Å². The Morgan fingerprint density at radius 1 is 1.05 bits per heavy atom. The first-order valence-corrected chi connectivity index (χ1v) is 8.79. The molecule has 1 heterocycles. The van der Waals surface area contributed by atoms with E-state index in [2.05, 4.69) is 64.0 Å². The first-order valence-electron chi connectivity index (χ1n) is 8.79. The van der Waals surface area contributed by atoms with Crippen molar-refractivity contribution in [3.8, 4) is 0 Å². The van der Waals surface area contributed by atoms with Crippen LogP contribution in [0.5, 0.6) is 0 Å². The van der Waals surface area contributed by atoms with Crippen molar-refractivity contribution < 1.29 is 0 Å². The second kappa shape index (κ2) is 8.67. The summed E-state index contributed by atoms with van der Waals surface area (Å²) in [5.41, 5.74) is 1.95. The van der Waals surface area contributed by atoms with Crippen molar-refractivity contribution in [2.75, 3.05) is 6.54 Å². The summed E-state index contributed by atoms with van der Waals surface area (Å²) in [4.78, 5) is 4.38. The van der Waals surface area contributed by atoms with E-state index in [1.165, 1.54) is 25.7 Å². The van der Waals surface area contributed by atoms with Gasteiger partial charge in [-0.25, -0.2) is 0 Å². The standard InChI is InChI=1S/C20H36N2/c1-19(2,3)13-9-7-11-17(20(4,5)6)15-21-16-18-12-8-10-14-22-18/h8,10,12,14,17,21H,7,9,11,13,15-16H2,1-6H3. The van der Waals surface area contributed by atoms with Gasteiger partial charge in [0.15, 0.2) is 0 Å². The van der Waals surface area contributed by atoms with Crippen molar-refractivity contribution in [1.82, 2.24) is 10.3 Å². The Morgan fingerprint density at radius 3 is 2.32 bits per heavy atom. The van der Waals surface area contributed by atoms with Crippen LogP contribution in [0, 0.1) is 16.7 Å². The molecule has 0 aromatic carbocycles. The van der Waals surface area contributed by atoms with Crippen molar-refractivity contribution >= 4 is 0 Å². The van der Waals surface area contributed by atoms with Crippen LogP contribution in [0.25, 0.3) is 0 Å². The number of nitrogens with one attached hydrogen (secondary N) is 1. The highest BCUT2D eigenvalue weighted by atomic mass is 14.9. The molecule has 2 heteroatoms. The summed E-state index contributed by atoms with van der Waals surface area (Å²) in [5.74, 6) is 0.719. The monoisotopic (exact) mass is 304 g/mol. The van der Waals surface area contributed by atoms with Gasteiger partial charge in [-0.05, 0) is 48.3 Å². The Hall–Kier alpha value is -0.890. The Bertz CT molecular complexity index is 398. The van der Waals surface area contributed by atoms with E-state index in [4.69, 9.17) is 0 Å². The van der Waals surface area contributed by atoms with E-state index in [0.29, 0.717) is 10.8 Å². The fourth-order valence-corrected chi connectivity index (χ4v) is 2.76.